The predicted molar refractivity (Wildman–Crippen MR) is 86.8 cm³/mol. The van der Waals surface area contributed by atoms with E-state index in [1.54, 1.807) is 19.9 Å². The molecule has 2 fully saturated rings. The summed E-state index contributed by atoms with van der Waals surface area (Å²) in [5, 5.41) is 0. The van der Waals surface area contributed by atoms with E-state index in [9.17, 15) is 14.4 Å². The maximum atomic E-state index is 12.7. The molecule has 5 heteroatoms. The second-order valence-corrected chi connectivity index (χ2v) is 7.69. The number of carbonyl (C=O) groups excluding carboxylic acids is 3. The van der Waals surface area contributed by atoms with Crippen molar-refractivity contribution in [3.63, 3.8) is 0 Å². The minimum Gasteiger partial charge on any atom is -0.462 e. The number of ether oxygens (including phenoxy) is 2. The molecule has 0 bridgehead atoms. The van der Waals surface area contributed by atoms with Crippen molar-refractivity contribution in [1.82, 2.24) is 0 Å². The Labute approximate surface area is 142 Å². The van der Waals surface area contributed by atoms with Crippen LogP contribution in [-0.2, 0) is 23.9 Å². The molecule has 0 N–H and O–H groups in total. The van der Waals surface area contributed by atoms with Crippen LogP contribution in [0.3, 0.4) is 0 Å². The van der Waals surface area contributed by atoms with Crippen LogP contribution in [0.1, 0.15) is 34.1 Å². The highest BCUT2D eigenvalue weighted by atomic mass is 16.6. The summed E-state index contributed by atoms with van der Waals surface area (Å²) in [4.78, 5) is 37.1. The van der Waals surface area contributed by atoms with Crippen molar-refractivity contribution in [2.24, 2.45) is 29.1 Å². The average Bonchev–Trinajstić information content (AvgIpc) is 2.92. The van der Waals surface area contributed by atoms with Crippen LogP contribution in [0.4, 0.5) is 0 Å². The predicted octanol–water partition coefficient (Wildman–Crippen LogP) is 2.45. The number of allylic oxidation sites excluding steroid dienone is 2. The Morgan fingerprint density at radius 2 is 2.04 bits per heavy atom. The van der Waals surface area contributed by atoms with Gasteiger partial charge in [0.05, 0.1) is 11.3 Å². The van der Waals surface area contributed by atoms with Gasteiger partial charge in [0.2, 0.25) is 0 Å². The first-order chi connectivity index (χ1) is 11.2. The van der Waals surface area contributed by atoms with Gasteiger partial charge in [-0.1, -0.05) is 26.5 Å². The molecule has 1 heterocycles. The molecule has 1 aliphatic heterocycles. The highest BCUT2D eigenvalue weighted by molar-refractivity contribution is 5.99. The van der Waals surface area contributed by atoms with Crippen molar-refractivity contribution in [1.29, 1.82) is 0 Å². The lowest BCUT2D eigenvalue weighted by Crippen LogP contribution is -2.50. The summed E-state index contributed by atoms with van der Waals surface area (Å²) < 4.78 is 11.3. The summed E-state index contributed by atoms with van der Waals surface area (Å²) in [5.41, 5.74) is -0.591. The molecule has 130 valence electrons. The fourth-order valence-corrected chi connectivity index (χ4v) is 4.65. The zero-order valence-corrected chi connectivity index (χ0v) is 14.6. The topological polar surface area (TPSA) is 69.7 Å². The van der Waals surface area contributed by atoms with Crippen LogP contribution in [0.25, 0.3) is 0 Å². The molecule has 1 saturated heterocycles. The monoisotopic (exact) mass is 332 g/mol. The molecular formula is C19H24O5. The van der Waals surface area contributed by atoms with Crippen molar-refractivity contribution >= 4 is 17.7 Å². The van der Waals surface area contributed by atoms with E-state index in [2.05, 4.69) is 13.5 Å². The minimum atomic E-state index is -0.869. The van der Waals surface area contributed by atoms with Gasteiger partial charge >= 0.3 is 11.9 Å². The van der Waals surface area contributed by atoms with Gasteiger partial charge in [-0.25, -0.2) is 4.79 Å². The fourth-order valence-electron chi connectivity index (χ4n) is 4.65. The third-order valence-electron chi connectivity index (χ3n) is 6.06. The Bertz CT molecular complexity index is 648. The number of fused-ring (bicyclic) bond motifs is 2. The molecule has 0 aromatic carbocycles. The Balaban J connectivity index is 2.09. The fraction of sp³-hybridized carbons (Fsp3) is 0.632. The molecule has 3 rings (SSSR count). The van der Waals surface area contributed by atoms with Crippen molar-refractivity contribution in [2.45, 2.75) is 46.3 Å². The van der Waals surface area contributed by atoms with Gasteiger partial charge in [0.25, 0.3) is 0 Å². The molecule has 0 aromatic heterocycles. The molecule has 0 amide bonds. The maximum Gasteiger partial charge on any atom is 0.333 e. The highest BCUT2D eigenvalue weighted by Crippen LogP contribution is 2.54. The summed E-state index contributed by atoms with van der Waals surface area (Å²) in [6, 6.07) is 0. The van der Waals surface area contributed by atoms with E-state index < -0.39 is 23.4 Å². The van der Waals surface area contributed by atoms with Gasteiger partial charge in [0.1, 0.15) is 12.2 Å². The van der Waals surface area contributed by atoms with E-state index in [0.29, 0.717) is 6.42 Å². The van der Waals surface area contributed by atoms with Gasteiger partial charge < -0.3 is 9.47 Å². The van der Waals surface area contributed by atoms with E-state index in [0.717, 1.165) is 0 Å². The number of carbonyl (C=O) groups is 3. The number of hydrogen-bond donors (Lipinski definition) is 0. The molecule has 0 radical (unpaired) electrons. The molecule has 7 atom stereocenters. The second-order valence-electron chi connectivity index (χ2n) is 7.69. The van der Waals surface area contributed by atoms with Crippen molar-refractivity contribution < 1.29 is 23.9 Å². The lowest BCUT2D eigenvalue weighted by atomic mass is 9.66. The molecule has 0 spiro atoms. The van der Waals surface area contributed by atoms with Crippen LogP contribution in [0.15, 0.2) is 24.3 Å². The van der Waals surface area contributed by atoms with Gasteiger partial charge in [-0.3, -0.25) is 9.59 Å². The Morgan fingerprint density at radius 1 is 1.38 bits per heavy atom. The molecule has 7 unspecified atom stereocenters. The first-order valence-electron chi connectivity index (χ1n) is 8.47. The third kappa shape index (κ3) is 2.25. The molecule has 1 saturated carbocycles. The van der Waals surface area contributed by atoms with Crippen LogP contribution >= 0.6 is 0 Å². The summed E-state index contributed by atoms with van der Waals surface area (Å²) in [7, 11) is 0. The van der Waals surface area contributed by atoms with Crippen molar-refractivity contribution in [3.05, 3.63) is 24.3 Å². The van der Waals surface area contributed by atoms with Gasteiger partial charge in [-0.2, -0.15) is 0 Å². The summed E-state index contributed by atoms with van der Waals surface area (Å²) >= 11 is 0. The zero-order valence-electron chi connectivity index (χ0n) is 14.6. The molecule has 3 aliphatic rings. The number of ketones is 1. The van der Waals surface area contributed by atoms with Crippen LogP contribution in [0.5, 0.6) is 0 Å². The Morgan fingerprint density at radius 3 is 2.67 bits per heavy atom. The maximum absolute atomic E-state index is 12.7. The normalized spacial score (nSPS) is 43.7. The SMILES string of the molecule is C=C(C)C(=O)OC1C2C(CC(C)C3C=CC(=O)C31C)OC(=O)C2C. The summed E-state index contributed by atoms with van der Waals surface area (Å²) in [5.74, 6) is -1.47. The molecule has 24 heavy (non-hydrogen) atoms. The Kier molecular flexibility index (Phi) is 3.93. The zero-order chi connectivity index (χ0) is 17.8. The van der Waals surface area contributed by atoms with Gasteiger partial charge in [0, 0.05) is 11.5 Å². The van der Waals surface area contributed by atoms with Gasteiger partial charge in [-0.15, -0.1) is 0 Å². The molecule has 5 nitrogen and oxygen atoms in total. The van der Waals surface area contributed by atoms with Crippen molar-refractivity contribution in [3.8, 4) is 0 Å². The van der Waals surface area contributed by atoms with Crippen LogP contribution < -0.4 is 0 Å². The standard InChI is InChI=1S/C19H24O5/c1-9(2)17(21)24-16-15-11(4)18(22)23-13(15)8-10(3)12-6-7-14(20)19(12,16)5/h6-7,10-13,15-16H,1,8H2,2-5H3. The lowest BCUT2D eigenvalue weighted by Gasteiger charge is -2.40. The van der Waals surface area contributed by atoms with Crippen LogP contribution in [0.2, 0.25) is 0 Å². The quantitative estimate of drug-likeness (QED) is 0.574. The van der Waals surface area contributed by atoms with E-state index in [4.69, 9.17) is 9.47 Å². The van der Waals surface area contributed by atoms with Crippen molar-refractivity contribution in [2.75, 3.05) is 0 Å². The minimum absolute atomic E-state index is 0.0376. The molecular weight excluding hydrogens is 308 g/mol. The summed E-state index contributed by atoms with van der Waals surface area (Å²) in [6.07, 6.45) is 3.15. The van der Waals surface area contributed by atoms with E-state index >= 15 is 0 Å². The van der Waals surface area contributed by atoms with Gasteiger partial charge in [0.15, 0.2) is 5.78 Å². The lowest BCUT2D eigenvalue weighted by molar-refractivity contribution is -0.163. The smallest absolute Gasteiger partial charge is 0.333 e. The van der Waals surface area contributed by atoms with E-state index in [1.165, 1.54) is 0 Å². The van der Waals surface area contributed by atoms with Gasteiger partial charge in [-0.05, 0) is 38.2 Å². The van der Waals surface area contributed by atoms with E-state index in [1.807, 2.05) is 13.0 Å². The number of rotatable bonds is 2. The second kappa shape index (κ2) is 5.57. The van der Waals surface area contributed by atoms with Crippen LogP contribution in [0, 0.1) is 29.1 Å². The first-order valence-corrected chi connectivity index (χ1v) is 8.47. The average molecular weight is 332 g/mol. The first kappa shape index (κ1) is 16.9. The number of esters is 2. The van der Waals surface area contributed by atoms with Crippen LogP contribution in [-0.4, -0.2) is 29.9 Å². The molecule has 0 aromatic rings. The van der Waals surface area contributed by atoms with E-state index in [-0.39, 0.29) is 41.2 Å². The molecule has 2 aliphatic carbocycles. The number of hydrogen-bond acceptors (Lipinski definition) is 5. The largest absolute Gasteiger partial charge is 0.462 e. The Hall–Kier alpha value is -1.91. The highest BCUT2D eigenvalue weighted by Gasteiger charge is 2.62. The third-order valence-corrected chi connectivity index (χ3v) is 6.06. The summed E-state index contributed by atoms with van der Waals surface area (Å²) in [6.45, 7) is 10.9.